The molecule has 2 aliphatic heterocycles. The Morgan fingerprint density at radius 2 is 2.06 bits per heavy atom. The number of carbonyl (C=O) groups is 1. The Kier molecular flexibility index (Phi) is 4.97. The SMILES string of the molecule is CN1CCN2C(=O)c3cc(F)c(-c4ccc(F)c5sc(N)c(C#N)c45)c(Cl)c3OCC2C1. The fraction of sp³-hybridized carbons (Fsp3) is 0.273. The second kappa shape index (κ2) is 7.59. The highest BCUT2D eigenvalue weighted by molar-refractivity contribution is 7.23. The lowest BCUT2D eigenvalue weighted by molar-refractivity contribution is 0.0442. The zero-order valence-corrected chi connectivity index (χ0v) is 18.5. The van der Waals surface area contributed by atoms with Gasteiger partial charge in [0.1, 0.15) is 29.3 Å². The molecule has 2 aliphatic rings. The molecule has 1 amide bonds. The summed E-state index contributed by atoms with van der Waals surface area (Å²) in [6, 6.07) is 5.43. The molecule has 10 heteroatoms. The molecule has 3 aromatic rings. The van der Waals surface area contributed by atoms with Crippen LogP contribution in [-0.2, 0) is 0 Å². The highest BCUT2D eigenvalue weighted by Crippen LogP contribution is 2.47. The van der Waals surface area contributed by atoms with Crippen LogP contribution in [0, 0.1) is 23.0 Å². The summed E-state index contributed by atoms with van der Waals surface area (Å²) in [6.07, 6.45) is 0. The number of hydrogen-bond acceptors (Lipinski definition) is 6. The number of likely N-dealkylation sites (N-methyl/N-ethyl adjacent to an activating group) is 1. The van der Waals surface area contributed by atoms with E-state index in [2.05, 4.69) is 4.90 Å². The third-order valence-electron chi connectivity index (χ3n) is 5.97. The Hall–Kier alpha value is -2.93. The lowest BCUT2D eigenvalue weighted by Gasteiger charge is -2.38. The number of nitriles is 1. The third-order valence-corrected chi connectivity index (χ3v) is 7.36. The highest BCUT2D eigenvalue weighted by atomic mass is 35.5. The van der Waals surface area contributed by atoms with Crippen molar-refractivity contribution in [3.8, 4) is 22.9 Å². The van der Waals surface area contributed by atoms with Crippen molar-refractivity contribution in [3.63, 3.8) is 0 Å². The molecule has 1 saturated heterocycles. The molecule has 6 nitrogen and oxygen atoms in total. The number of carbonyl (C=O) groups excluding carboxylic acids is 1. The summed E-state index contributed by atoms with van der Waals surface area (Å²) in [4.78, 5) is 17.0. The van der Waals surface area contributed by atoms with Crippen LogP contribution in [0.2, 0.25) is 5.02 Å². The predicted molar refractivity (Wildman–Crippen MR) is 119 cm³/mol. The van der Waals surface area contributed by atoms with E-state index in [0.717, 1.165) is 17.4 Å². The summed E-state index contributed by atoms with van der Waals surface area (Å²) >= 11 is 7.54. The molecule has 0 aliphatic carbocycles. The summed E-state index contributed by atoms with van der Waals surface area (Å²) in [5.74, 6) is -1.59. The zero-order chi connectivity index (χ0) is 22.7. The minimum atomic E-state index is -0.764. The van der Waals surface area contributed by atoms with Gasteiger partial charge in [0, 0.05) is 30.6 Å². The molecule has 0 bridgehead atoms. The van der Waals surface area contributed by atoms with E-state index in [1.165, 1.54) is 12.1 Å². The van der Waals surface area contributed by atoms with E-state index in [9.17, 15) is 14.4 Å². The Morgan fingerprint density at radius 1 is 1.28 bits per heavy atom. The van der Waals surface area contributed by atoms with Crippen LogP contribution in [-0.4, -0.2) is 55.0 Å². The number of amides is 1. The molecular formula is C22H17ClF2N4O2S. The molecule has 0 spiro atoms. The van der Waals surface area contributed by atoms with Gasteiger partial charge in [-0.05, 0) is 24.7 Å². The maximum Gasteiger partial charge on any atom is 0.258 e. The predicted octanol–water partition coefficient (Wildman–Crippen LogP) is 4.10. The average Bonchev–Trinajstić information content (AvgIpc) is 3.04. The standard InChI is InChI=1S/C22H17ClF2N4O2S/c1-28-4-5-29-10(8-28)9-31-19-12(22(29)30)6-15(25)17(18(19)23)11-2-3-14(24)20-16(11)13(7-26)21(27)32-20/h2-3,6,10H,4-5,8-9,27H2,1H3. The number of halogens is 3. The molecule has 5 rings (SSSR count). The van der Waals surface area contributed by atoms with Crippen LogP contribution in [0.15, 0.2) is 18.2 Å². The van der Waals surface area contributed by atoms with E-state index < -0.39 is 11.6 Å². The number of nitrogens with two attached hydrogens (primary N) is 1. The quantitative estimate of drug-likeness (QED) is 0.574. The van der Waals surface area contributed by atoms with Gasteiger partial charge in [0.15, 0.2) is 5.75 Å². The first-order valence-electron chi connectivity index (χ1n) is 9.87. The van der Waals surface area contributed by atoms with Gasteiger partial charge in [-0.25, -0.2) is 8.78 Å². The smallest absolute Gasteiger partial charge is 0.258 e. The molecule has 0 radical (unpaired) electrons. The van der Waals surface area contributed by atoms with Crippen LogP contribution >= 0.6 is 22.9 Å². The average molecular weight is 475 g/mol. The molecule has 1 fully saturated rings. The lowest BCUT2D eigenvalue weighted by atomic mass is 9.96. The summed E-state index contributed by atoms with van der Waals surface area (Å²) in [5, 5.41) is 9.79. The summed E-state index contributed by atoms with van der Waals surface area (Å²) in [5.41, 5.74) is 6.17. The Labute approximate surface area is 191 Å². The van der Waals surface area contributed by atoms with E-state index in [1.807, 2.05) is 13.1 Å². The first-order valence-corrected chi connectivity index (χ1v) is 11.1. The molecule has 0 saturated carbocycles. The highest BCUT2D eigenvalue weighted by Gasteiger charge is 2.37. The van der Waals surface area contributed by atoms with Crippen LogP contribution in [0.5, 0.6) is 5.75 Å². The van der Waals surface area contributed by atoms with Crippen molar-refractivity contribution >= 4 is 43.9 Å². The van der Waals surface area contributed by atoms with Crippen molar-refractivity contribution in [2.75, 3.05) is 39.0 Å². The number of anilines is 1. The first-order chi connectivity index (χ1) is 15.3. The topological polar surface area (TPSA) is 82.6 Å². The van der Waals surface area contributed by atoms with Crippen LogP contribution in [0.1, 0.15) is 15.9 Å². The van der Waals surface area contributed by atoms with Gasteiger partial charge in [0.05, 0.1) is 26.9 Å². The Morgan fingerprint density at radius 3 is 2.81 bits per heavy atom. The van der Waals surface area contributed by atoms with Gasteiger partial charge in [-0.1, -0.05) is 17.7 Å². The van der Waals surface area contributed by atoms with Crippen LogP contribution in [0.3, 0.4) is 0 Å². The molecule has 1 aromatic heterocycles. The van der Waals surface area contributed by atoms with Crippen molar-refractivity contribution < 1.29 is 18.3 Å². The Bertz CT molecular complexity index is 1340. The normalized spacial score (nSPS) is 18.7. The van der Waals surface area contributed by atoms with E-state index in [4.69, 9.17) is 22.1 Å². The molecule has 3 heterocycles. The number of nitrogens with zero attached hydrogens (tertiary/aromatic N) is 3. The lowest BCUT2D eigenvalue weighted by Crippen LogP contribution is -2.55. The fourth-order valence-corrected chi connectivity index (χ4v) is 5.71. The maximum absolute atomic E-state index is 15.5. The van der Waals surface area contributed by atoms with Gasteiger partial charge in [-0.3, -0.25) is 4.79 Å². The van der Waals surface area contributed by atoms with Gasteiger partial charge in [0.25, 0.3) is 5.91 Å². The largest absolute Gasteiger partial charge is 0.489 e. The third kappa shape index (κ3) is 3.02. The first kappa shape index (κ1) is 20.9. The molecule has 1 atom stereocenters. The van der Waals surface area contributed by atoms with E-state index in [-0.39, 0.29) is 66.7 Å². The van der Waals surface area contributed by atoms with Crippen molar-refractivity contribution in [2.24, 2.45) is 0 Å². The Balaban J connectivity index is 1.73. The van der Waals surface area contributed by atoms with E-state index in [0.29, 0.717) is 19.6 Å². The van der Waals surface area contributed by atoms with Gasteiger partial charge in [-0.15, -0.1) is 11.3 Å². The monoisotopic (exact) mass is 474 g/mol. The number of fused-ring (bicyclic) bond motifs is 3. The number of hydrogen-bond donors (Lipinski definition) is 1. The number of benzene rings is 2. The molecule has 164 valence electrons. The van der Waals surface area contributed by atoms with Gasteiger partial charge < -0.3 is 20.3 Å². The minimum absolute atomic E-state index is 0.0481. The molecule has 2 aromatic carbocycles. The van der Waals surface area contributed by atoms with Crippen LogP contribution < -0.4 is 10.5 Å². The number of nitrogen functional groups attached to an aromatic ring is 1. The second-order valence-corrected chi connectivity index (χ2v) is 9.33. The van der Waals surface area contributed by atoms with Gasteiger partial charge in [-0.2, -0.15) is 5.26 Å². The number of piperazine rings is 1. The van der Waals surface area contributed by atoms with E-state index in [1.54, 1.807) is 4.90 Å². The molecular weight excluding hydrogens is 458 g/mol. The number of ether oxygens (including phenoxy) is 1. The summed E-state index contributed by atoms with van der Waals surface area (Å²) < 4.78 is 36.0. The minimum Gasteiger partial charge on any atom is -0.489 e. The van der Waals surface area contributed by atoms with E-state index >= 15 is 4.39 Å². The molecule has 2 N–H and O–H groups in total. The maximum atomic E-state index is 15.5. The van der Waals surface area contributed by atoms with Crippen molar-refractivity contribution in [3.05, 3.63) is 46.0 Å². The number of thiophene rings is 1. The van der Waals surface area contributed by atoms with Gasteiger partial charge >= 0.3 is 0 Å². The van der Waals surface area contributed by atoms with Crippen molar-refractivity contribution in [2.45, 2.75) is 6.04 Å². The zero-order valence-electron chi connectivity index (χ0n) is 16.9. The molecule has 32 heavy (non-hydrogen) atoms. The van der Waals surface area contributed by atoms with Gasteiger partial charge in [0.2, 0.25) is 0 Å². The second-order valence-electron chi connectivity index (χ2n) is 7.90. The number of rotatable bonds is 1. The summed E-state index contributed by atoms with van der Waals surface area (Å²) in [7, 11) is 1.96. The summed E-state index contributed by atoms with van der Waals surface area (Å²) in [6.45, 7) is 2.05. The van der Waals surface area contributed by atoms with Crippen LogP contribution in [0.25, 0.3) is 21.2 Å². The molecule has 1 unspecified atom stereocenters. The van der Waals surface area contributed by atoms with Crippen molar-refractivity contribution in [1.82, 2.24) is 9.80 Å². The van der Waals surface area contributed by atoms with Crippen LogP contribution in [0.4, 0.5) is 13.8 Å². The van der Waals surface area contributed by atoms with Crippen molar-refractivity contribution in [1.29, 1.82) is 5.26 Å². The fourth-order valence-electron chi connectivity index (χ4n) is 4.41.